The summed E-state index contributed by atoms with van der Waals surface area (Å²) in [7, 11) is 0. The number of hydrogen-bond acceptors (Lipinski definition) is 4. The largest absolute Gasteiger partial charge is 0.383 e. The van der Waals surface area contributed by atoms with Crippen molar-refractivity contribution in [3.63, 3.8) is 0 Å². The summed E-state index contributed by atoms with van der Waals surface area (Å²) in [4.78, 5) is 24.1. The molecule has 1 amide bonds. The molecule has 5 nitrogen and oxygen atoms in total. The third kappa shape index (κ3) is 4.27. The predicted octanol–water partition coefficient (Wildman–Crippen LogP) is 1.32. The average Bonchev–Trinajstić information content (AvgIpc) is 2.99. The lowest BCUT2D eigenvalue weighted by Gasteiger charge is -2.22. The van der Waals surface area contributed by atoms with E-state index in [0.717, 1.165) is 4.88 Å². The first-order valence-corrected chi connectivity index (χ1v) is 7.55. The van der Waals surface area contributed by atoms with E-state index in [-0.39, 0.29) is 24.4 Å². The maximum absolute atomic E-state index is 11.8. The average molecular weight is 306 g/mol. The summed E-state index contributed by atoms with van der Waals surface area (Å²) in [5, 5.41) is 14.9. The highest BCUT2D eigenvalue weighted by molar-refractivity contribution is 7.10. The van der Waals surface area contributed by atoms with Crippen LogP contribution < -0.4 is 10.9 Å². The summed E-state index contributed by atoms with van der Waals surface area (Å²) in [6.45, 7) is 2.14. The van der Waals surface area contributed by atoms with E-state index in [0.29, 0.717) is 6.54 Å². The van der Waals surface area contributed by atoms with E-state index in [2.05, 4.69) is 5.32 Å². The van der Waals surface area contributed by atoms with Crippen LogP contribution in [0.15, 0.2) is 46.7 Å². The Bertz CT molecular complexity index is 647. The highest BCUT2D eigenvalue weighted by Gasteiger charge is 2.24. The van der Waals surface area contributed by atoms with Gasteiger partial charge >= 0.3 is 0 Å². The second-order valence-electron chi connectivity index (χ2n) is 5.01. The summed E-state index contributed by atoms with van der Waals surface area (Å²) in [6, 6.07) is 8.57. The first kappa shape index (κ1) is 15.5. The zero-order valence-electron chi connectivity index (χ0n) is 11.8. The highest BCUT2D eigenvalue weighted by atomic mass is 32.1. The van der Waals surface area contributed by atoms with Crippen LogP contribution in [0.25, 0.3) is 0 Å². The molecule has 0 aromatic carbocycles. The number of amides is 1. The van der Waals surface area contributed by atoms with Crippen molar-refractivity contribution in [1.29, 1.82) is 0 Å². The molecule has 2 aromatic rings. The van der Waals surface area contributed by atoms with Gasteiger partial charge in [0.2, 0.25) is 5.91 Å². The van der Waals surface area contributed by atoms with Crippen LogP contribution in [-0.4, -0.2) is 22.1 Å². The number of hydrogen-bond donors (Lipinski definition) is 2. The minimum Gasteiger partial charge on any atom is -0.383 e. The van der Waals surface area contributed by atoms with Crippen LogP contribution in [0.5, 0.6) is 0 Å². The van der Waals surface area contributed by atoms with Crippen molar-refractivity contribution in [3.05, 3.63) is 57.1 Å². The smallest absolute Gasteiger partial charge is 0.250 e. The minimum absolute atomic E-state index is 0.129. The lowest BCUT2D eigenvalue weighted by Crippen LogP contribution is -2.38. The second kappa shape index (κ2) is 6.69. The Morgan fingerprint density at radius 1 is 1.38 bits per heavy atom. The first-order valence-electron chi connectivity index (χ1n) is 6.67. The van der Waals surface area contributed by atoms with E-state index in [9.17, 15) is 14.7 Å². The number of nitrogens with one attached hydrogen (secondary N) is 1. The van der Waals surface area contributed by atoms with E-state index < -0.39 is 5.60 Å². The van der Waals surface area contributed by atoms with Crippen molar-refractivity contribution < 1.29 is 9.90 Å². The fourth-order valence-electron chi connectivity index (χ4n) is 1.90. The summed E-state index contributed by atoms with van der Waals surface area (Å²) in [5.74, 6) is -0.192. The van der Waals surface area contributed by atoms with Crippen molar-refractivity contribution in [1.82, 2.24) is 9.88 Å². The van der Waals surface area contributed by atoms with Gasteiger partial charge in [0.05, 0.1) is 6.54 Å². The Balaban J connectivity index is 1.83. The number of carbonyl (C=O) groups excluding carboxylic acids is 1. The monoisotopic (exact) mass is 306 g/mol. The van der Waals surface area contributed by atoms with Gasteiger partial charge in [-0.25, -0.2) is 0 Å². The first-order chi connectivity index (χ1) is 9.99. The van der Waals surface area contributed by atoms with Crippen LogP contribution in [-0.2, 0) is 16.9 Å². The van der Waals surface area contributed by atoms with Gasteiger partial charge in [0.15, 0.2) is 0 Å². The third-order valence-corrected chi connectivity index (χ3v) is 4.28. The molecule has 2 N–H and O–H groups in total. The van der Waals surface area contributed by atoms with Gasteiger partial charge < -0.3 is 15.0 Å². The van der Waals surface area contributed by atoms with Gasteiger partial charge in [0.1, 0.15) is 5.60 Å². The number of aliphatic hydroxyl groups is 1. The number of nitrogens with zero attached hydrogens (tertiary/aromatic N) is 1. The van der Waals surface area contributed by atoms with Crippen molar-refractivity contribution in [3.8, 4) is 0 Å². The van der Waals surface area contributed by atoms with Crippen LogP contribution in [0.3, 0.4) is 0 Å². The van der Waals surface area contributed by atoms with Gasteiger partial charge in [0.25, 0.3) is 5.56 Å². The minimum atomic E-state index is -1.08. The van der Waals surface area contributed by atoms with Crippen molar-refractivity contribution in [2.45, 2.75) is 25.5 Å². The van der Waals surface area contributed by atoms with Gasteiger partial charge in [-0.1, -0.05) is 12.1 Å². The zero-order chi connectivity index (χ0) is 15.3. The molecule has 0 radical (unpaired) electrons. The molecule has 0 aliphatic heterocycles. The van der Waals surface area contributed by atoms with Crippen molar-refractivity contribution >= 4 is 17.2 Å². The van der Waals surface area contributed by atoms with Crippen LogP contribution in [0.4, 0.5) is 0 Å². The normalized spacial score (nSPS) is 13.6. The van der Waals surface area contributed by atoms with E-state index in [1.807, 2.05) is 17.5 Å². The molecular formula is C15H18N2O3S. The summed E-state index contributed by atoms with van der Waals surface area (Å²) in [6.07, 6.45) is 1.85. The molecule has 1 atom stereocenters. The van der Waals surface area contributed by atoms with Gasteiger partial charge in [-0.3, -0.25) is 9.59 Å². The van der Waals surface area contributed by atoms with Crippen LogP contribution >= 0.6 is 11.3 Å². The SMILES string of the molecule is CC(O)(CNC(=O)CCn1ccccc1=O)c1cccs1. The van der Waals surface area contributed by atoms with Crippen LogP contribution in [0.1, 0.15) is 18.2 Å². The van der Waals surface area contributed by atoms with Crippen molar-refractivity contribution in [2.75, 3.05) is 6.54 Å². The number of aryl methyl sites for hydroxylation is 1. The number of aromatic nitrogens is 1. The summed E-state index contributed by atoms with van der Waals surface area (Å²) >= 11 is 1.45. The molecule has 2 heterocycles. The second-order valence-corrected chi connectivity index (χ2v) is 5.96. The molecular weight excluding hydrogens is 288 g/mol. The van der Waals surface area contributed by atoms with Crippen LogP contribution in [0, 0.1) is 0 Å². The molecule has 21 heavy (non-hydrogen) atoms. The Hall–Kier alpha value is -1.92. The number of thiophene rings is 1. The molecule has 2 aromatic heterocycles. The molecule has 0 spiro atoms. The molecule has 1 unspecified atom stereocenters. The molecule has 0 saturated carbocycles. The molecule has 0 aliphatic rings. The molecule has 2 rings (SSSR count). The van der Waals surface area contributed by atoms with E-state index in [4.69, 9.17) is 0 Å². The maximum atomic E-state index is 11.8. The zero-order valence-corrected chi connectivity index (χ0v) is 12.6. The fraction of sp³-hybridized carbons (Fsp3) is 0.333. The third-order valence-electron chi connectivity index (χ3n) is 3.16. The molecule has 0 fully saturated rings. The number of pyridine rings is 1. The van der Waals surface area contributed by atoms with E-state index in [1.54, 1.807) is 25.3 Å². The standard InChI is InChI=1S/C15H18N2O3S/c1-15(20,12-5-4-10-21-12)11-16-13(18)7-9-17-8-3-2-6-14(17)19/h2-6,8,10,20H,7,9,11H2,1H3,(H,16,18). The number of rotatable bonds is 6. The molecule has 0 aliphatic carbocycles. The quantitative estimate of drug-likeness (QED) is 0.845. The predicted molar refractivity (Wildman–Crippen MR) is 82.2 cm³/mol. The Morgan fingerprint density at radius 3 is 2.86 bits per heavy atom. The maximum Gasteiger partial charge on any atom is 0.250 e. The highest BCUT2D eigenvalue weighted by Crippen LogP contribution is 2.24. The van der Waals surface area contributed by atoms with Gasteiger partial charge in [0, 0.05) is 30.1 Å². The molecule has 0 saturated heterocycles. The summed E-state index contributed by atoms with van der Waals surface area (Å²) < 4.78 is 1.48. The Morgan fingerprint density at radius 2 is 2.19 bits per heavy atom. The molecule has 0 bridgehead atoms. The lowest BCUT2D eigenvalue weighted by molar-refractivity contribution is -0.122. The Kier molecular flexibility index (Phi) is 4.93. The fourth-order valence-corrected chi connectivity index (χ4v) is 2.69. The van der Waals surface area contributed by atoms with E-state index in [1.165, 1.54) is 22.0 Å². The topological polar surface area (TPSA) is 71.3 Å². The Labute approximate surface area is 126 Å². The lowest BCUT2D eigenvalue weighted by atomic mass is 10.1. The summed E-state index contributed by atoms with van der Waals surface area (Å²) in [5.41, 5.74) is -1.20. The van der Waals surface area contributed by atoms with Gasteiger partial charge in [-0.15, -0.1) is 11.3 Å². The van der Waals surface area contributed by atoms with E-state index >= 15 is 0 Å². The van der Waals surface area contributed by atoms with Gasteiger partial charge in [-0.05, 0) is 24.4 Å². The number of carbonyl (C=O) groups is 1. The van der Waals surface area contributed by atoms with Gasteiger partial charge in [-0.2, -0.15) is 0 Å². The molecule has 112 valence electrons. The van der Waals surface area contributed by atoms with Crippen LogP contribution in [0.2, 0.25) is 0 Å². The molecule has 6 heteroatoms. The van der Waals surface area contributed by atoms with Crippen molar-refractivity contribution in [2.24, 2.45) is 0 Å².